The Balaban J connectivity index is 2.41. The van der Waals surface area contributed by atoms with Gasteiger partial charge in [-0.3, -0.25) is 4.90 Å². The van der Waals surface area contributed by atoms with E-state index in [1.807, 2.05) is 13.1 Å². The molecule has 0 saturated heterocycles. The molecular formula is C16H28N4. The van der Waals surface area contributed by atoms with Crippen molar-refractivity contribution < 1.29 is 0 Å². The third-order valence-corrected chi connectivity index (χ3v) is 4.86. The van der Waals surface area contributed by atoms with Crippen LogP contribution < -0.4 is 11.5 Å². The van der Waals surface area contributed by atoms with Crippen molar-refractivity contribution in [1.29, 1.82) is 0 Å². The lowest BCUT2D eigenvalue weighted by Crippen LogP contribution is -2.53. The first-order valence-corrected chi connectivity index (χ1v) is 7.77. The second-order valence-corrected chi connectivity index (χ2v) is 5.95. The summed E-state index contributed by atoms with van der Waals surface area (Å²) in [7, 11) is 0. The van der Waals surface area contributed by atoms with E-state index in [2.05, 4.69) is 29.8 Å². The van der Waals surface area contributed by atoms with Crippen molar-refractivity contribution in [3.63, 3.8) is 0 Å². The van der Waals surface area contributed by atoms with Gasteiger partial charge >= 0.3 is 0 Å². The van der Waals surface area contributed by atoms with Crippen LogP contribution in [0.5, 0.6) is 0 Å². The number of anilines is 1. The Morgan fingerprint density at radius 3 is 2.45 bits per heavy atom. The van der Waals surface area contributed by atoms with Crippen LogP contribution in [0.3, 0.4) is 0 Å². The number of nitrogens with zero attached hydrogens (tertiary/aromatic N) is 2. The first kappa shape index (κ1) is 15.3. The van der Waals surface area contributed by atoms with Crippen LogP contribution >= 0.6 is 0 Å². The zero-order valence-corrected chi connectivity index (χ0v) is 13.0. The van der Waals surface area contributed by atoms with Crippen molar-refractivity contribution >= 4 is 5.82 Å². The highest BCUT2D eigenvalue weighted by Gasteiger charge is 2.44. The van der Waals surface area contributed by atoms with Gasteiger partial charge in [0.05, 0.1) is 6.04 Å². The highest BCUT2D eigenvalue weighted by atomic mass is 15.2. The molecule has 1 aromatic heterocycles. The summed E-state index contributed by atoms with van der Waals surface area (Å²) in [5.74, 6) is 0.585. The third-order valence-electron chi connectivity index (χ3n) is 4.86. The number of aryl methyl sites for hydroxylation is 1. The molecule has 4 N–H and O–H groups in total. The molecule has 2 rings (SSSR count). The molecular weight excluding hydrogens is 248 g/mol. The van der Waals surface area contributed by atoms with Crippen molar-refractivity contribution in [3.05, 3.63) is 23.4 Å². The van der Waals surface area contributed by atoms with E-state index in [9.17, 15) is 0 Å². The first-order valence-electron chi connectivity index (χ1n) is 7.77. The predicted octanol–water partition coefficient (Wildman–Crippen LogP) is 2.63. The van der Waals surface area contributed by atoms with Gasteiger partial charge in [0.1, 0.15) is 5.82 Å². The Labute approximate surface area is 122 Å². The largest absolute Gasteiger partial charge is 0.383 e. The SMILES string of the molecule is CCN(CC)C1(C(N)c2cc(C)cnc2N)CCCC1. The minimum atomic E-state index is -0.0581. The van der Waals surface area contributed by atoms with Gasteiger partial charge in [-0.15, -0.1) is 0 Å². The molecule has 1 aliphatic carbocycles. The molecule has 0 spiro atoms. The smallest absolute Gasteiger partial charge is 0.128 e. The number of nitrogens with two attached hydrogens (primary N) is 2. The minimum Gasteiger partial charge on any atom is -0.383 e. The fourth-order valence-electron chi connectivity index (χ4n) is 3.81. The molecule has 1 fully saturated rings. The van der Waals surface area contributed by atoms with Gasteiger partial charge in [-0.2, -0.15) is 0 Å². The maximum atomic E-state index is 6.70. The van der Waals surface area contributed by atoms with Crippen molar-refractivity contribution in [2.45, 2.75) is 58.0 Å². The van der Waals surface area contributed by atoms with Crippen LogP contribution in [0.1, 0.15) is 56.7 Å². The zero-order chi connectivity index (χ0) is 14.8. The fourth-order valence-corrected chi connectivity index (χ4v) is 3.81. The van der Waals surface area contributed by atoms with E-state index >= 15 is 0 Å². The van der Waals surface area contributed by atoms with Gasteiger partial charge in [0.25, 0.3) is 0 Å². The molecule has 0 bridgehead atoms. The molecule has 4 heteroatoms. The maximum Gasteiger partial charge on any atom is 0.128 e. The van der Waals surface area contributed by atoms with Gasteiger partial charge in [0.2, 0.25) is 0 Å². The molecule has 1 saturated carbocycles. The molecule has 0 aliphatic heterocycles. The lowest BCUT2D eigenvalue weighted by Gasteiger charge is -2.45. The molecule has 0 aromatic carbocycles. The summed E-state index contributed by atoms with van der Waals surface area (Å²) in [6, 6.07) is 2.05. The lowest BCUT2D eigenvalue weighted by atomic mass is 9.82. The van der Waals surface area contributed by atoms with E-state index in [0.717, 1.165) is 37.1 Å². The van der Waals surface area contributed by atoms with Crippen LogP contribution in [0.25, 0.3) is 0 Å². The zero-order valence-electron chi connectivity index (χ0n) is 13.0. The maximum absolute atomic E-state index is 6.70. The standard InChI is InChI=1S/C16H28N4/c1-4-20(5-2)16(8-6-7-9-16)14(17)13-10-12(3)11-19-15(13)18/h10-11,14H,4-9,17H2,1-3H3,(H2,18,19). The Morgan fingerprint density at radius 2 is 1.90 bits per heavy atom. The Hall–Kier alpha value is -1.13. The Morgan fingerprint density at radius 1 is 1.30 bits per heavy atom. The molecule has 1 heterocycles. The van der Waals surface area contributed by atoms with Crippen LogP contribution in [0, 0.1) is 6.92 Å². The number of nitrogen functional groups attached to an aromatic ring is 1. The number of hydrogen-bond donors (Lipinski definition) is 2. The first-order chi connectivity index (χ1) is 9.55. The van der Waals surface area contributed by atoms with Crippen LogP contribution in [-0.2, 0) is 0 Å². The van der Waals surface area contributed by atoms with Gasteiger partial charge in [-0.05, 0) is 44.5 Å². The second kappa shape index (κ2) is 6.10. The fraction of sp³-hybridized carbons (Fsp3) is 0.688. The van der Waals surface area contributed by atoms with E-state index in [1.54, 1.807) is 0 Å². The summed E-state index contributed by atoms with van der Waals surface area (Å²) in [4.78, 5) is 6.81. The number of pyridine rings is 1. The third kappa shape index (κ3) is 2.54. The van der Waals surface area contributed by atoms with Gasteiger partial charge in [-0.25, -0.2) is 4.98 Å². The predicted molar refractivity (Wildman–Crippen MR) is 84.4 cm³/mol. The topological polar surface area (TPSA) is 68.2 Å². The number of rotatable bonds is 5. The van der Waals surface area contributed by atoms with Crippen LogP contribution in [0.4, 0.5) is 5.82 Å². The van der Waals surface area contributed by atoms with Crippen molar-refractivity contribution in [3.8, 4) is 0 Å². The molecule has 0 radical (unpaired) electrons. The summed E-state index contributed by atoms with van der Waals surface area (Å²) in [5.41, 5.74) is 15.0. The average molecular weight is 276 g/mol. The minimum absolute atomic E-state index is 0.0487. The van der Waals surface area contributed by atoms with Crippen LogP contribution in [0.2, 0.25) is 0 Å². The quantitative estimate of drug-likeness (QED) is 0.867. The molecule has 4 nitrogen and oxygen atoms in total. The van der Waals surface area contributed by atoms with Gasteiger partial charge < -0.3 is 11.5 Å². The molecule has 1 aliphatic rings. The summed E-state index contributed by atoms with van der Waals surface area (Å²) >= 11 is 0. The van der Waals surface area contributed by atoms with Gasteiger partial charge in [-0.1, -0.05) is 26.7 Å². The normalized spacial score (nSPS) is 19.4. The molecule has 1 aromatic rings. The van der Waals surface area contributed by atoms with Crippen LogP contribution in [0.15, 0.2) is 12.3 Å². The van der Waals surface area contributed by atoms with Crippen molar-refractivity contribution in [2.24, 2.45) is 5.73 Å². The lowest BCUT2D eigenvalue weighted by molar-refractivity contribution is 0.0771. The average Bonchev–Trinajstić information content (AvgIpc) is 2.93. The Kier molecular flexibility index (Phi) is 4.66. The van der Waals surface area contributed by atoms with Gasteiger partial charge in [0.15, 0.2) is 0 Å². The van der Waals surface area contributed by atoms with E-state index in [1.165, 1.54) is 12.8 Å². The highest BCUT2D eigenvalue weighted by Crippen LogP contribution is 2.44. The highest BCUT2D eigenvalue weighted by molar-refractivity contribution is 5.44. The monoisotopic (exact) mass is 276 g/mol. The molecule has 0 amide bonds. The van der Waals surface area contributed by atoms with E-state index in [-0.39, 0.29) is 11.6 Å². The second-order valence-electron chi connectivity index (χ2n) is 5.95. The van der Waals surface area contributed by atoms with E-state index < -0.39 is 0 Å². The molecule has 1 unspecified atom stereocenters. The number of hydrogen-bond acceptors (Lipinski definition) is 4. The molecule has 1 atom stereocenters. The van der Waals surface area contributed by atoms with Crippen LogP contribution in [-0.4, -0.2) is 28.5 Å². The van der Waals surface area contributed by atoms with E-state index in [0.29, 0.717) is 5.82 Å². The van der Waals surface area contributed by atoms with Crippen molar-refractivity contribution in [1.82, 2.24) is 9.88 Å². The van der Waals surface area contributed by atoms with E-state index in [4.69, 9.17) is 11.5 Å². The molecule has 112 valence electrons. The summed E-state index contributed by atoms with van der Waals surface area (Å²) in [5, 5.41) is 0. The summed E-state index contributed by atoms with van der Waals surface area (Å²) < 4.78 is 0. The van der Waals surface area contributed by atoms with Gasteiger partial charge in [0, 0.05) is 17.3 Å². The van der Waals surface area contributed by atoms with Crippen molar-refractivity contribution in [2.75, 3.05) is 18.8 Å². The summed E-state index contributed by atoms with van der Waals surface area (Å²) in [6.45, 7) is 8.54. The number of likely N-dealkylation sites (N-methyl/N-ethyl adjacent to an activating group) is 1. The molecule has 20 heavy (non-hydrogen) atoms. The summed E-state index contributed by atoms with van der Waals surface area (Å²) in [6.07, 6.45) is 6.63. The number of aromatic nitrogens is 1. The Bertz CT molecular complexity index is 448.